The van der Waals surface area contributed by atoms with Gasteiger partial charge in [0.2, 0.25) is 0 Å². The Kier molecular flexibility index (Phi) is 3.65. The van der Waals surface area contributed by atoms with Crippen LogP contribution in [0.3, 0.4) is 0 Å². The van der Waals surface area contributed by atoms with E-state index in [9.17, 15) is 4.79 Å². The zero-order valence-corrected chi connectivity index (χ0v) is 9.91. The highest BCUT2D eigenvalue weighted by molar-refractivity contribution is 6.33. The summed E-state index contributed by atoms with van der Waals surface area (Å²) in [5.41, 5.74) is 5.06. The van der Waals surface area contributed by atoms with Gasteiger partial charge in [-0.15, -0.1) is 0 Å². The van der Waals surface area contributed by atoms with Gasteiger partial charge in [-0.25, -0.2) is 0 Å². The SMILES string of the molecule is CC(C)(COc1ccc(N)c(Cl)c1)C(=O)O. The first-order chi connectivity index (χ1) is 7.33. The maximum Gasteiger partial charge on any atom is 0.312 e. The number of hydrogen-bond acceptors (Lipinski definition) is 3. The van der Waals surface area contributed by atoms with Crippen LogP contribution >= 0.6 is 11.6 Å². The van der Waals surface area contributed by atoms with Crippen molar-refractivity contribution >= 4 is 23.3 Å². The Balaban J connectivity index is 2.68. The Labute approximate surface area is 99.0 Å². The molecule has 5 heteroatoms. The third kappa shape index (κ3) is 3.03. The van der Waals surface area contributed by atoms with Gasteiger partial charge in [-0.3, -0.25) is 4.79 Å². The third-order valence-corrected chi connectivity index (χ3v) is 2.48. The molecular weight excluding hydrogens is 230 g/mol. The highest BCUT2D eigenvalue weighted by atomic mass is 35.5. The molecule has 0 saturated heterocycles. The van der Waals surface area contributed by atoms with Gasteiger partial charge in [-0.2, -0.15) is 0 Å². The van der Waals surface area contributed by atoms with Crippen LogP contribution in [0.4, 0.5) is 5.69 Å². The second kappa shape index (κ2) is 4.61. The van der Waals surface area contributed by atoms with Crippen LogP contribution in [0.1, 0.15) is 13.8 Å². The summed E-state index contributed by atoms with van der Waals surface area (Å²) in [6, 6.07) is 4.83. The summed E-state index contributed by atoms with van der Waals surface area (Å²) in [4.78, 5) is 10.8. The van der Waals surface area contributed by atoms with Gasteiger partial charge in [-0.1, -0.05) is 11.6 Å². The van der Waals surface area contributed by atoms with Crippen molar-refractivity contribution in [3.63, 3.8) is 0 Å². The maximum atomic E-state index is 10.8. The third-order valence-electron chi connectivity index (χ3n) is 2.15. The van der Waals surface area contributed by atoms with E-state index in [1.165, 1.54) is 0 Å². The van der Waals surface area contributed by atoms with E-state index in [1.54, 1.807) is 32.0 Å². The second-order valence-corrected chi connectivity index (χ2v) is 4.57. The fourth-order valence-corrected chi connectivity index (χ4v) is 1.09. The number of rotatable bonds is 4. The number of nitrogens with two attached hydrogens (primary N) is 1. The van der Waals surface area contributed by atoms with Crippen molar-refractivity contribution in [1.82, 2.24) is 0 Å². The number of carboxylic acid groups (broad SMARTS) is 1. The summed E-state index contributed by atoms with van der Waals surface area (Å²) >= 11 is 5.81. The van der Waals surface area contributed by atoms with Gasteiger partial charge in [0.05, 0.1) is 16.1 Å². The first-order valence-corrected chi connectivity index (χ1v) is 5.12. The van der Waals surface area contributed by atoms with Gasteiger partial charge in [0.15, 0.2) is 0 Å². The minimum absolute atomic E-state index is 0.0720. The van der Waals surface area contributed by atoms with Crippen LogP contribution in [0.5, 0.6) is 5.75 Å². The molecule has 0 spiro atoms. The Bertz CT molecular complexity index is 404. The standard InChI is InChI=1S/C11H14ClNO3/c1-11(2,10(14)15)6-16-7-3-4-9(13)8(12)5-7/h3-5H,6,13H2,1-2H3,(H,14,15). The Hall–Kier alpha value is -1.42. The van der Waals surface area contributed by atoms with Crippen molar-refractivity contribution in [3.8, 4) is 5.75 Å². The number of aliphatic carboxylic acids is 1. The molecule has 3 N–H and O–H groups in total. The van der Waals surface area contributed by atoms with Crippen LogP contribution in [-0.2, 0) is 4.79 Å². The molecule has 4 nitrogen and oxygen atoms in total. The Morgan fingerprint density at radius 3 is 2.69 bits per heavy atom. The van der Waals surface area contributed by atoms with Crippen molar-refractivity contribution in [2.75, 3.05) is 12.3 Å². The zero-order chi connectivity index (χ0) is 12.3. The zero-order valence-electron chi connectivity index (χ0n) is 9.16. The van der Waals surface area contributed by atoms with E-state index in [2.05, 4.69) is 0 Å². The first kappa shape index (κ1) is 12.6. The summed E-state index contributed by atoms with van der Waals surface area (Å²) in [7, 11) is 0. The minimum Gasteiger partial charge on any atom is -0.492 e. The van der Waals surface area contributed by atoms with Gasteiger partial charge in [-0.05, 0) is 26.0 Å². The smallest absolute Gasteiger partial charge is 0.312 e. The lowest BCUT2D eigenvalue weighted by Gasteiger charge is -2.19. The molecule has 1 aromatic carbocycles. The summed E-state index contributed by atoms with van der Waals surface area (Å²) in [5, 5.41) is 9.29. The van der Waals surface area contributed by atoms with Gasteiger partial charge in [0, 0.05) is 6.07 Å². The number of anilines is 1. The topological polar surface area (TPSA) is 72.5 Å². The van der Waals surface area contributed by atoms with Crippen LogP contribution in [0.15, 0.2) is 18.2 Å². The quantitative estimate of drug-likeness (QED) is 0.797. The predicted octanol–water partition coefficient (Wildman–Crippen LogP) is 2.41. The van der Waals surface area contributed by atoms with E-state index in [1.807, 2.05) is 0 Å². The fourth-order valence-electron chi connectivity index (χ4n) is 0.923. The van der Waals surface area contributed by atoms with Crippen molar-refractivity contribution in [2.45, 2.75) is 13.8 Å². The van der Waals surface area contributed by atoms with Gasteiger partial charge >= 0.3 is 5.97 Å². The molecule has 0 atom stereocenters. The van der Waals surface area contributed by atoms with Crippen LogP contribution in [0.2, 0.25) is 5.02 Å². The number of ether oxygens (including phenoxy) is 1. The van der Waals surface area contributed by atoms with Crippen LogP contribution in [0, 0.1) is 5.41 Å². The molecule has 0 fully saturated rings. The minimum atomic E-state index is -0.937. The van der Waals surface area contributed by atoms with E-state index < -0.39 is 11.4 Å². The monoisotopic (exact) mass is 243 g/mol. The average molecular weight is 244 g/mol. The molecule has 0 unspecified atom stereocenters. The van der Waals surface area contributed by atoms with E-state index in [-0.39, 0.29) is 6.61 Å². The molecule has 0 aliphatic carbocycles. The first-order valence-electron chi connectivity index (χ1n) is 4.74. The molecule has 1 rings (SSSR count). The molecule has 0 heterocycles. The number of carbonyl (C=O) groups is 1. The molecule has 1 aromatic rings. The van der Waals surface area contributed by atoms with Crippen molar-refractivity contribution in [2.24, 2.45) is 5.41 Å². The summed E-state index contributed by atoms with van der Waals surface area (Å²) in [6.45, 7) is 3.26. The molecule has 0 saturated carbocycles. The summed E-state index contributed by atoms with van der Waals surface area (Å²) in [5.74, 6) is -0.400. The van der Waals surface area contributed by atoms with Gasteiger partial charge < -0.3 is 15.6 Å². The number of carboxylic acids is 1. The second-order valence-electron chi connectivity index (χ2n) is 4.16. The molecule has 0 aliphatic heterocycles. The van der Waals surface area contributed by atoms with Crippen molar-refractivity contribution in [3.05, 3.63) is 23.2 Å². The highest BCUT2D eigenvalue weighted by Crippen LogP contribution is 2.25. The maximum absolute atomic E-state index is 10.8. The largest absolute Gasteiger partial charge is 0.492 e. The molecule has 0 aromatic heterocycles. The molecule has 0 amide bonds. The molecular formula is C11H14ClNO3. The van der Waals surface area contributed by atoms with E-state index in [0.29, 0.717) is 16.5 Å². The number of benzene rings is 1. The lowest BCUT2D eigenvalue weighted by Crippen LogP contribution is -2.30. The Morgan fingerprint density at radius 2 is 2.19 bits per heavy atom. The highest BCUT2D eigenvalue weighted by Gasteiger charge is 2.28. The van der Waals surface area contributed by atoms with Crippen molar-refractivity contribution < 1.29 is 14.6 Å². The van der Waals surface area contributed by atoms with Crippen molar-refractivity contribution in [1.29, 1.82) is 0 Å². The molecule has 0 radical (unpaired) electrons. The number of hydrogen-bond donors (Lipinski definition) is 2. The molecule has 88 valence electrons. The normalized spacial score (nSPS) is 11.2. The van der Waals surface area contributed by atoms with Gasteiger partial charge in [0.1, 0.15) is 12.4 Å². The number of halogens is 1. The van der Waals surface area contributed by atoms with Crippen LogP contribution < -0.4 is 10.5 Å². The van der Waals surface area contributed by atoms with E-state index >= 15 is 0 Å². The average Bonchev–Trinajstić information content (AvgIpc) is 2.20. The van der Waals surface area contributed by atoms with E-state index in [4.69, 9.17) is 27.2 Å². The molecule has 0 bridgehead atoms. The number of nitrogen functional groups attached to an aromatic ring is 1. The lowest BCUT2D eigenvalue weighted by atomic mass is 9.95. The fraction of sp³-hybridized carbons (Fsp3) is 0.364. The van der Waals surface area contributed by atoms with E-state index in [0.717, 1.165) is 0 Å². The summed E-state index contributed by atoms with van der Waals surface area (Å²) in [6.07, 6.45) is 0. The lowest BCUT2D eigenvalue weighted by molar-refractivity contribution is -0.148. The predicted molar refractivity (Wildman–Crippen MR) is 62.8 cm³/mol. The summed E-state index contributed by atoms with van der Waals surface area (Å²) < 4.78 is 5.35. The van der Waals surface area contributed by atoms with Crippen LogP contribution in [-0.4, -0.2) is 17.7 Å². The van der Waals surface area contributed by atoms with Crippen LogP contribution in [0.25, 0.3) is 0 Å². The Morgan fingerprint density at radius 1 is 1.56 bits per heavy atom. The van der Waals surface area contributed by atoms with Gasteiger partial charge in [0.25, 0.3) is 0 Å². The molecule has 16 heavy (non-hydrogen) atoms. The molecule has 0 aliphatic rings.